The van der Waals surface area contributed by atoms with Crippen molar-refractivity contribution in [2.24, 2.45) is 5.41 Å². The van der Waals surface area contributed by atoms with Gasteiger partial charge < -0.3 is 15.8 Å². The number of nitrogens with zero attached hydrogens (tertiary/aromatic N) is 1. The first-order valence-corrected chi connectivity index (χ1v) is 7.22. The van der Waals surface area contributed by atoms with E-state index in [0.29, 0.717) is 13.2 Å². The van der Waals surface area contributed by atoms with Crippen LogP contribution in [0.1, 0.15) is 33.1 Å². The minimum Gasteiger partial charge on any atom is -0.383 e. The van der Waals surface area contributed by atoms with Gasteiger partial charge in [0.05, 0.1) is 13.2 Å². The highest BCUT2D eigenvalue weighted by molar-refractivity contribution is 5.61. The molecule has 118 valence electrons. The normalized spacial score (nSPS) is 20.6. The molecule has 1 aromatic heterocycles. The molecule has 1 unspecified atom stereocenters. The van der Waals surface area contributed by atoms with E-state index in [1.807, 2.05) is 0 Å². The lowest BCUT2D eigenvalue weighted by atomic mass is 9.92. The second-order valence-electron chi connectivity index (χ2n) is 6.41. The van der Waals surface area contributed by atoms with Crippen LogP contribution in [0.3, 0.4) is 0 Å². The first-order valence-electron chi connectivity index (χ1n) is 7.22. The molecule has 0 bridgehead atoms. The summed E-state index contributed by atoms with van der Waals surface area (Å²) in [7, 11) is 1.55. The molecule has 0 aromatic carbocycles. The first kappa shape index (κ1) is 15.6. The zero-order valence-electron chi connectivity index (χ0n) is 12.9. The van der Waals surface area contributed by atoms with Gasteiger partial charge in [0.25, 0.3) is 5.56 Å². The maximum absolute atomic E-state index is 12.0. The summed E-state index contributed by atoms with van der Waals surface area (Å²) in [5.74, 6) is 0.172. The number of rotatable bonds is 5. The van der Waals surface area contributed by atoms with Crippen LogP contribution in [0.4, 0.5) is 11.5 Å². The van der Waals surface area contributed by atoms with E-state index in [9.17, 15) is 9.59 Å². The van der Waals surface area contributed by atoms with Crippen molar-refractivity contribution in [1.29, 1.82) is 0 Å². The average Bonchev–Trinajstić information content (AvgIpc) is 2.74. The molecule has 1 fully saturated rings. The van der Waals surface area contributed by atoms with E-state index in [0.717, 1.165) is 19.3 Å². The third-order valence-corrected chi connectivity index (χ3v) is 4.08. The fourth-order valence-electron chi connectivity index (χ4n) is 2.90. The molecule has 0 amide bonds. The molecule has 2 rings (SSSR count). The van der Waals surface area contributed by atoms with Gasteiger partial charge in [-0.3, -0.25) is 14.3 Å². The van der Waals surface area contributed by atoms with Crippen molar-refractivity contribution in [3.05, 3.63) is 20.8 Å². The molecule has 1 atom stereocenters. The van der Waals surface area contributed by atoms with Crippen LogP contribution >= 0.6 is 0 Å². The number of hydrogen-bond donors (Lipinski definition) is 3. The average molecular weight is 296 g/mol. The second-order valence-corrected chi connectivity index (χ2v) is 6.41. The van der Waals surface area contributed by atoms with Gasteiger partial charge in [0.1, 0.15) is 11.5 Å². The van der Waals surface area contributed by atoms with Gasteiger partial charge in [0.15, 0.2) is 0 Å². The lowest BCUT2D eigenvalue weighted by Crippen LogP contribution is -2.36. The minimum absolute atomic E-state index is 0.172. The van der Waals surface area contributed by atoms with Crippen LogP contribution in [-0.4, -0.2) is 29.3 Å². The smallest absolute Gasteiger partial charge is 0.330 e. The highest BCUT2D eigenvalue weighted by Gasteiger charge is 2.31. The number of H-pyrrole nitrogens is 1. The van der Waals surface area contributed by atoms with Gasteiger partial charge in [0.2, 0.25) is 0 Å². The highest BCUT2D eigenvalue weighted by atomic mass is 16.5. The van der Waals surface area contributed by atoms with Gasteiger partial charge in [-0.2, -0.15) is 0 Å². The lowest BCUT2D eigenvalue weighted by Gasteiger charge is -2.20. The molecule has 0 radical (unpaired) electrons. The lowest BCUT2D eigenvalue weighted by molar-refractivity contribution is 0.186. The minimum atomic E-state index is -0.508. The first-order chi connectivity index (χ1) is 9.84. The van der Waals surface area contributed by atoms with Gasteiger partial charge in [-0.1, -0.05) is 13.8 Å². The van der Waals surface area contributed by atoms with Gasteiger partial charge in [-0.05, 0) is 24.7 Å². The summed E-state index contributed by atoms with van der Waals surface area (Å²) in [4.78, 5) is 26.1. The largest absolute Gasteiger partial charge is 0.383 e. The number of aromatic amines is 1. The molecule has 1 aliphatic carbocycles. The van der Waals surface area contributed by atoms with E-state index in [4.69, 9.17) is 10.5 Å². The van der Waals surface area contributed by atoms with Gasteiger partial charge in [-0.25, -0.2) is 4.79 Å². The number of nitrogens with one attached hydrogen (secondary N) is 2. The maximum Gasteiger partial charge on any atom is 0.330 e. The number of hydrogen-bond acceptors (Lipinski definition) is 5. The van der Waals surface area contributed by atoms with Gasteiger partial charge >= 0.3 is 5.69 Å². The Morgan fingerprint density at radius 3 is 2.76 bits per heavy atom. The van der Waals surface area contributed by atoms with Gasteiger partial charge in [0, 0.05) is 13.2 Å². The van der Waals surface area contributed by atoms with Crippen LogP contribution < -0.4 is 22.3 Å². The number of aromatic nitrogens is 2. The summed E-state index contributed by atoms with van der Waals surface area (Å²) in [6.45, 7) is 5.08. The third-order valence-electron chi connectivity index (χ3n) is 4.08. The number of anilines is 2. The van der Waals surface area contributed by atoms with Crippen LogP contribution in [0.15, 0.2) is 9.59 Å². The number of nitrogens with two attached hydrogens (primary N) is 1. The second kappa shape index (κ2) is 5.93. The van der Waals surface area contributed by atoms with E-state index >= 15 is 0 Å². The predicted molar refractivity (Wildman–Crippen MR) is 82.7 cm³/mol. The Bertz CT molecular complexity index is 618. The van der Waals surface area contributed by atoms with Crippen molar-refractivity contribution >= 4 is 11.5 Å². The zero-order valence-corrected chi connectivity index (χ0v) is 12.9. The topological polar surface area (TPSA) is 102 Å². The predicted octanol–water partition coefficient (Wildman–Crippen LogP) is 0.756. The molecule has 7 nitrogen and oxygen atoms in total. The maximum atomic E-state index is 12.0. The summed E-state index contributed by atoms with van der Waals surface area (Å²) < 4.78 is 6.29. The van der Waals surface area contributed by atoms with Crippen molar-refractivity contribution < 1.29 is 4.74 Å². The number of nitrogen functional groups attached to an aromatic ring is 1. The molecule has 0 saturated heterocycles. The Morgan fingerprint density at radius 2 is 2.19 bits per heavy atom. The third kappa shape index (κ3) is 3.47. The van der Waals surface area contributed by atoms with Crippen molar-refractivity contribution in [2.75, 3.05) is 24.8 Å². The fraction of sp³-hybridized carbons (Fsp3) is 0.714. The van der Waals surface area contributed by atoms with Crippen LogP contribution in [0.25, 0.3) is 0 Å². The van der Waals surface area contributed by atoms with Crippen molar-refractivity contribution in [3.8, 4) is 0 Å². The van der Waals surface area contributed by atoms with Crippen molar-refractivity contribution in [2.45, 2.75) is 45.7 Å². The van der Waals surface area contributed by atoms with Crippen molar-refractivity contribution in [1.82, 2.24) is 9.55 Å². The molecular formula is C14H24N4O3. The molecule has 1 heterocycles. The molecule has 1 aliphatic rings. The number of ether oxygens (including phenoxy) is 1. The van der Waals surface area contributed by atoms with E-state index < -0.39 is 11.2 Å². The molecule has 21 heavy (non-hydrogen) atoms. The van der Waals surface area contributed by atoms with Crippen LogP contribution in [0.5, 0.6) is 0 Å². The van der Waals surface area contributed by atoms with Crippen LogP contribution in [-0.2, 0) is 11.3 Å². The fourth-order valence-corrected chi connectivity index (χ4v) is 2.90. The molecule has 1 aromatic rings. The molecule has 0 spiro atoms. The highest BCUT2D eigenvalue weighted by Crippen LogP contribution is 2.38. The molecular weight excluding hydrogens is 272 g/mol. The van der Waals surface area contributed by atoms with E-state index in [1.54, 1.807) is 7.11 Å². The Labute approximate surface area is 123 Å². The summed E-state index contributed by atoms with van der Waals surface area (Å²) >= 11 is 0. The summed E-state index contributed by atoms with van der Waals surface area (Å²) in [5.41, 5.74) is 5.58. The summed E-state index contributed by atoms with van der Waals surface area (Å²) in [6.07, 6.45) is 3.07. The number of methoxy groups -OCH3 is 1. The molecule has 1 saturated carbocycles. The zero-order chi connectivity index (χ0) is 15.6. The van der Waals surface area contributed by atoms with Crippen LogP contribution in [0, 0.1) is 5.41 Å². The summed E-state index contributed by atoms with van der Waals surface area (Å²) in [5, 5.41) is 3.21. The Kier molecular flexibility index (Phi) is 4.41. The molecule has 4 N–H and O–H groups in total. The van der Waals surface area contributed by atoms with E-state index in [1.165, 1.54) is 4.57 Å². The summed E-state index contributed by atoms with van der Waals surface area (Å²) in [6, 6.07) is 0.205. The Hall–Kier alpha value is -1.76. The Morgan fingerprint density at radius 1 is 1.48 bits per heavy atom. The van der Waals surface area contributed by atoms with Crippen molar-refractivity contribution in [3.63, 3.8) is 0 Å². The van der Waals surface area contributed by atoms with Crippen LogP contribution in [0.2, 0.25) is 0 Å². The standard InChI is InChI=1S/C14H24N4O3/c1-14(2)5-4-9(8-14)16-10-11(15)18(6-7-21-3)13(20)17-12(10)19/h9,16H,4-8,15H2,1-3H3,(H,17,19,20). The SMILES string of the molecule is COCCn1c(N)c(NC2CCC(C)(C)C2)c(=O)[nH]c1=O. The quantitative estimate of drug-likeness (QED) is 0.744. The van der Waals surface area contributed by atoms with E-state index in [2.05, 4.69) is 24.1 Å². The monoisotopic (exact) mass is 296 g/mol. The van der Waals surface area contributed by atoms with Gasteiger partial charge in [-0.15, -0.1) is 0 Å². The van der Waals surface area contributed by atoms with E-state index in [-0.39, 0.29) is 23.0 Å². The molecule has 0 aliphatic heterocycles. The Balaban J connectivity index is 2.27. The molecule has 7 heteroatoms.